The molecule has 1 heterocycles. The van der Waals surface area contributed by atoms with Crippen LogP contribution in [0.1, 0.15) is 18.4 Å². The van der Waals surface area contributed by atoms with Gasteiger partial charge >= 0.3 is 0 Å². The van der Waals surface area contributed by atoms with Crippen LogP contribution in [0.4, 0.5) is 0 Å². The molecule has 76 valence electrons. The molecule has 15 heavy (non-hydrogen) atoms. The Hall–Kier alpha value is -1.27. The third-order valence-corrected chi connectivity index (χ3v) is 4.21. The first-order chi connectivity index (χ1) is 7.36. The number of hydrogen-bond donors (Lipinski definition) is 0. The zero-order valence-electron chi connectivity index (χ0n) is 8.19. The van der Waals surface area contributed by atoms with Crippen molar-refractivity contribution in [2.75, 3.05) is 0 Å². The molecule has 2 aliphatic rings. The van der Waals surface area contributed by atoms with Crippen LogP contribution in [0.25, 0.3) is 5.57 Å². The van der Waals surface area contributed by atoms with Crippen molar-refractivity contribution in [3.05, 3.63) is 47.3 Å². The number of hydrogen-bond acceptors (Lipinski definition) is 2. The van der Waals surface area contributed by atoms with Crippen LogP contribution in [-0.4, -0.2) is 0 Å². The highest BCUT2D eigenvalue weighted by Gasteiger charge is 2.24. The van der Waals surface area contributed by atoms with Crippen LogP contribution in [0.15, 0.2) is 41.7 Å². The second-order valence-corrected chi connectivity index (χ2v) is 5.10. The summed E-state index contributed by atoms with van der Waals surface area (Å²) >= 11 is 0. The maximum absolute atomic E-state index is 11.9. The van der Waals surface area contributed by atoms with E-state index in [-0.39, 0.29) is 0 Å². The van der Waals surface area contributed by atoms with Gasteiger partial charge in [-0.3, -0.25) is 4.57 Å². The molecule has 1 aliphatic heterocycles. The van der Waals surface area contributed by atoms with Crippen molar-refractivity contribution in [3.8, 4) is 5.75 Å². The van der Waals surface area contributed by atoms with Gasteiger partial charge in [0.05, 0.1) is 0 Å². The minimum atomic E-state index is -2.02. The van der Waals surface area contributed by atoms with E-state index in [9.17, 15) is 4.57 Å². The van der Waals surface area contributed by atoms with Crippen LogP contribution in [0.3, 0.4) is 0 Å². The van der Waals surface area contributed by atoms with Crippen molar-refractivity contribution in [3.63, 3.8) is 0 Å². The topological polar surface area (TPSA) is 26.3 Å². The quantitative estimate of drug-likeness (QED) is 0.622. The Morgan fingerprint density at radius 1 is 1.27 bits per heavy atom. The van der Waals surface area contributed by atoms with Gasteiger partial charge in [0.15, 0.2) is 0 Å². The summed E-state index contributed by atoms with van der Waals surface area (Å²) in [6, 6.07) is 7.79. The van der Waals surface area contributed by atoms with E-state index in [2.05, 4.69) is 12.2 Å². The lowest BCUT2D eigenvalue weighted by molar-refractivity contribution is 0.506. The first-order valence-electron chi connectivity index (χ1n) is 5.07. The van der Waals surface area contributed by atoms with Gasteiger partial charge in [-0.05, 0) is 24.5 Å². The lowest BCUT2D eigenvalue weighted by atomic mass is 9.98. The summed E-state index contributed by atoms with van der Waals surface area (Å²) in [4.78, 5) is 0. The first-order valence-corrected chi connectivity index (χ1v) is 6.39. The number of benzene rings is 1. The molecule has 2 nitrogen and oxygen atoms in total. The van der Waals surface area contributed by atoms with Gasteiger partial charge in [-0.1, -0.05) is 30.4 Å². The minimum absolute atomic E-state index is 0.756. The third kappa shape index (κ3) is 1.37. The Balaban J connectivity index is 2.25. The molecule has 3 heteroatoms. The van der Waals surface area contributed by atoms with Crippen LogP contribution in [0, 0.1) is 0 Å². The van der Waals surface area contributed by atoms with Crippen LogP contribution in [-0.2, 0) is 4.57 Å². The molecule has 1 aliphatic carbocycles. The first kappa shape index (κ1) is 8.99. The average Bonchev–Trinajstić information content (AvgIpc) is 2.30. The Labute approximate surface area is 89.1 Å². The molecular weight excluding hydrogens is 207 g/mol. The van der Waals surface area contributed by atoms with Gasteiger partial charge in [0.2, 0.25) is 0 Å². The molecule has 0 fully saturated rings. The van der Waals surface area contributed by atoms with Gasteiger partial charge in [-0.2, -0.15) is 0 Å². The fourth-order valence-corrected chi connectivity index (χ4v) is 3.36. The number of rotatable bonds is 0. The molecule has 0 saturated heterocycles. The highest BCUT2D eigenvalue weighted by Crippen LogP contribution is 2.51. The predicted octanol–water partition coefficient (Wildman–Crippen LogP) is 3.61. The summed E-state index contributed by atoms with van der Waals surface area (Å²) in [5.41, 5.74) is 2.19. The van der Waals surface area contributed by atoms with Crippen LogP contribution < -0.4 is 4.52 Å². The summed E-state index contributed by atoms with van der Waals surface area (Å²) in [7, 11) is -2.02. The van der Waals surface area contributed by atoms with Gasteiger partial charge in [-0.15, -0.1) is 0 Å². The average molecular weight is 218 g/mol. The predicted molar refractivity (Wildman–Crippen MR) is 61.4 cm³/mol. The largest absolute Gasteiger partial charge is 0.441 e. The molecule has 1 aromatic rings. The third-order valence-electron chi connectivity index (χ3n) is 2.80. The summed E-state index contributed by atoms with van der Waals surface area (Å²) in [6.45, 7) is 0. The van der Waals surface area contributed by atoms with E-state index in [0.29, 0.717) is 0 Å². The molecule has 0 radical (unpaired) electrons. The van der Waals surface area contributed by atoms with E-state index >= 15 is 0 Å². The van der Waals surface area contributed by atoms with E-state index in [1.807, 2.05) is 24.3 Å². The van der Waals surface area contributed by atoms with Crippen molar-refractivity contribution in [1.29, 1.82) is 0 Å². The zero-order chi connectivity index (χ0) is 10.3. The maximum atomic E-state index is 11.9. The van der Waals surface area contributed by atoms with Crippen LogP contribution in [0.5, 0.6) is 5.75 Å². The summed E-state index contributed by atoms with van der Waals surface area (Å²) in [5, 5.41) is 1.00. The molecule has 0 N–H and O–H groups in total. The van der Waals surface area contributed by atoms with Crippen molar-refractivity contribution in [2.45, 2.75) is 12.8 Å². The summed E-state index contributed by atoms with van der Waals surface area (Å²) < 4.78 is 17.3. The fourth-order valence-electron chi connectivity index (χ4n) is 2.07. The zero-order valence-corrected chi connectivity index (χ0v) is 9.19. The standard InChI is InChI=1S/C12H11O2P/c13-15-12-8-4-2-6-10(12)9-5-1-3-7-11(9)14-15/h1-3,5-7,15H,4,8H2. The molecule has 0 saturated carbocycles. The maximum Gasteiger partial charge on any atom is 0.262 e. The Kier molecular flexibility index (Phi) is 2.03. The van der Waals surface area contributed by atoms with Crippen molar-refractivity contribution in [1.82, 2.24) is 0 Å². The molecule has 1 aromatic carbocycles. The van der Waals surface area contributed by atoms with Gasteiger partial charge in [0.1, 0.15) is 5.75 Å². The lowest BCUT2D eigenvalue weighted by Gasteiger charge is -2.23. The van der Waals surface area contributed by atoms with E-state index < -0.39 is 8.03 Å². The molecule has 0 bridgehead atoms. The van der Waals surface area contributed by atoms with Crippen molar-refractivity contribution in [2.24, 2.45) is 0 Å². The van der Waals surface area contributed by atoms with Gasteiger partial charge < -0.3 is 4.52 Å². The number of allylic oxidation sites excluding steroid dienone is 4. The van der Waals surface area contributed by atoms with E-state index in [1.54, 1.807) is 0 Å². The van der Waals surface area contributed by atoms with Gasteiger partial charge in [0.25, 0.3) is 8.03 Å². The van der Waals surface area contributed by atoms with E-state index in [4.69, 9.17) is 4.52 Å². The van der Waals surface area contributed by atoms with E-state index in [1.165, 1.54) is 0 Å². The van der Waals surface area contributed by atoms with Crippen molar-refractivity contribution < 1.29 is 9.09 Å². The SMILES string of the molecule is O=[PH]1Oc2ccccc2C2=C1CCC=C2. The van der Waals surface area contributed by atoms with Gasteiger partial charge in [-0.25, -0.2) is 0 Å². The number of para-hydroxylation sites is 1. The van der Waals surface area contributed by atoms with Crippen LogP contribution >= 0.6 is 8.03 Å². The molecular formula is C12H11O2P. The van der Waals surface area contributed by atoms with Crippen LogP contribution in [0.2, 0.25) is 0 Å². The second kappa shape index (κ2) is 3.39. The second-order valence-electron chi connectivity index (χ2n) is 3.72. The minimum Gasteiger partial charge on any atom is -0.441 e. The molecule has 1 unspecified atom stereocenters. The Morgan fingerprint density at radius 3 is 3.07 bits per heavy atom. The lowest BCUT2D eigenvalue weighted by Crippen LogP contribution is -2.01. The smallest absolute Gasteiger partial charge is 0.262 e. The number of fused-ring (bicyclic) bond motifs is 2. The molecule has 3 rings (SSSR count). The fraction of sp³-hybridized carbons (Fsp3) is 0.167. The molecule has 0 aromatic heterocycles. The van der Waals surface area contributed by atoms with E-state index in [0.717, 1.165) is 35.0 Å². The Morgan fingerprint density at radius 2 is 2.13 bits per heavy atom. The van der Waals surface area contributed by atoms with Crippen molar-refractivity contribution >= 4 is 13.6 Å². The Bertz CT molecular complexity index is 500. The van der Waals surface area contributed by atoms with Gasteiger partial charge in [0, 0.05) is 10.9 Å². The normalized spacial score (nSPS) is 23.1. The summed E-state index contributed by atoms with van der Waals surface area (Å²) in [6.07, 6.45) is 6.05. The summed E-state index contributed by atoms with van der Waals surface area (Å²) in [5.74, 6) is 0.756. The molecule has 0 amide bonds. The molecule has 1 atom stereocenters. The molecule has 0 spiro atoms. The highest BCUT2D eigenvalue weighted by atomic mass is 31.1. The highest BCUT2D eigenvalue weighted by molar-refractivity contribution is 7.45. The monoisotopic (exact) mass is 218 g/mol.